The van der Waals surface area contributed by atoms with Gasteiger partial charge >= 0.3 is 0 Å². The maximum Gasteiger partial charge on any atom is 0.163 e. The third kappa shape index (κ3) is 4.69. The molecule has 112 valence electrons. The Morgan fingerprint density at radius 3 is 2.57 bits per heavy atom. The molecule has 0 unspecified atom stereocenters. The van der Waals surface area contributed by atoms with Crippen LogP contribution < -0.4 is 4.90 Å². The zero-order valence-corrected chi connectivity index (χ0v) is 12.9. The molecule has 0 aliphatic heterocycles. The van der Waals surface area contributed by atoms with Gasteiger partial charge in [-0.2, -0.15) is 0 Å². The van der Waals surface area contributed by atoms with Gasteiger partial charge in [0.15, 0.2) is 5.82 Å². The van der Waals surface area contributed by atoms with E-state index in [9.17, 15) is 0 Å². The molecule has 4 nitrogen and oxygen atoms in total. The van der Waals surface area contributed by atoms with Crippen LogP contribution in [0, 0.1) is 0 Å². The molecule has 5 heteroatoms. The summed E-state index contributed by atoms with van der Waals surface area (Å²) < 4.78 is 0. The van der Waals surface area contributed by atoms with E-state index < -0.39 is 0 Å². The first-order valence-electron chi connectivity index (χ1n) is 7.12. The molecule has 0 radical (unpaired) electrons. The van der Waals surface area contributed by atoms with Crippen LogP contribution in [0.25, 0.3) is 11.4 Å². The van der Waals surface area contributed by atoms with Gasteiger partial charge in [0.1, 0.15) is 11.0 Å². The second kappa shape index (κ2) is 7.96. The average Bonchev–Trinajstić information content (AvgIpc) is 2.51. The molecule has 0 fully saturated rings. The Kier molecular flexibility index (Phi) is 5.96. The van der Waals surface area contributed by atoms with Gasteiger partial charge in [-0.25, -0.2) is 9.97 Å². The third-order valence-electron chi connectivity index (χ3n) is 3.26. The van der Waals surface area contributed by atoms with Crippen molar-refractivity contribution in [2.45, 2.75) is 19.3 Å². The third-order valence-corrected chi connectivity index (χ3v) is 3.45. The van der Waals surface area contributed by atoms with Crippen LogP contribution >= 0.6 is 11.6 Å². The lowest BCUT2D eigenvalue weighted by atomic mass is 10.2. The molecule has 1 heterocycles. The molecule has 0 amide bonds. The Labute approximate surface area is 130 Å². The molecule has 21 heavy (non-hydrogen) atoms. The number of aromatic nitrogens is 2. The summed E-state index contributed by atoms with van der Waals surface area (Å²) in [5.74, 6) is 1.46. The summed E-state index contributed by atoms with van der Waals surface area (Å²) in [6.45, 7) is 1.13. The molecule has 1 aromatic heterocycles. The first-order valence-corrected chi connectivity index (χ1v) is 7.50. The number of hydrogen-bond acceptors (Lipinski definition) is 4. The molecule has 0 spiro atoms. The van der Waals surface area contributed by atoms with Crippen LogP contribution in [-0.2, 0) is 0 Å². The van der Waals surface area contributed by atoms with Crippen molar-refractivity contribution in [1.82, 2.24) is 9.97 Å². The molecule has 0 atom stereocenters. The van der Waals surface area contributed by atoms with Gasteiger partial charge in [-0.3, -0.25) is 0 Å². The summed E-state index contributed by atoms with van der Waals surface area (Å²) in [4.78, 5) is 10.9. The van der Waals surface area contributed by atoms with E-state index in [4.69, 9.17) is 16.7 Å². The molecule has 0 saturated heterocycles. The van der Waals surface area contributed by atoms with E-state index in [1.165, 1.54) is 0 Å². The topological polar surface area (TPSA) is 49.2 Å². The molecule has 0 aliphatic rings. The summed E-state index contributed by atoms with van der Waals surface area (Å²) in [5.41, 5.74) is 0.954. The second-order valence-corrected chi connectivity index (χ2v) is 5.33. The van der Waals surface area contributed by atoms with E-state index in [0.717, 1.165) is 37.2 Å². The van der Waals surface area contributed by atoms with Crippen LogP contribution in [0.2, 0.25) is 5.15 Å². The van der Waals surface area contributed by atoms with Gasteiger partial charge in [0.25, 0.3) is 0 Å². The van der Waals surface area contributed by atoms with Crippen molar-refractivity contribution in [3.8, 4) is 11.4 Å². The highest BCUT2D eigenvalue weighted by atomic mass is 35.5. The summed E-state index contributed by atoms with van der Waals surface area (Å²) in [6.07, 6.45) is 2.86. The summed E-state index contributed by atoms with van der Waals surface area (Å²) in [6, 6.07) is 11.6. The zero-order chi connectivity index (χ0) is 15.1. The SMILES string of the molecule is CN(CCCCCO)c1cc(Cl)nc(-c2ccccc2)n1. The maximum absolute atomic E-state index is 8.80. The first kappa shape index (κ1) is 15.7. The van der Waals surface area contributed by atoms with E-state index in [-0.39, 0.29) is 6.61 Å². The standard InChI is InChI=1S/C16H20ClN3O/c1-20(10-6-3-7-11-21)15-12-14(17)18-16(19-15)13-8-4-2-5-9-13/h2,4-5,8-9,12,21H,3,6-7,10-11H2,1H3. The van der Waals surface area contributed by atoms with Crippen LogP contribution in [0.1, 0.15) is 19.3 Å². The highest BCUT2D eigenvalue weighted by Gasteiger charge is 2.09. The highest BCUT2D eigenvalue weighted by Crippen LogP contribution is 2.22. The van der Waals surface area contributed by atoms with Gasteiger partial charge in [-0.05, 0) is 19.3 Å². The molecule has 2 rings (SSSR count). The number of rotatable bonds is 7. The smallest absolute Gasteiger partial charge is 0.163 e. The van der Waals surface area contributed by atoms with E-state index in [0.29, 0.717) is 11.0 Å². The fourth-order valence-corrected chi connectivity index (χ4v) is 2.25. The van der Waals surface area contributed by atoms with Gasteiger partial charge in [0.2, 0.25) is 0 Å². The lowest BCUT2D eigenvalue weighted by Crippen LogP contribution is -2.20. The lowest BCUT2D eigenvalue weighted by molar-refractivity contribution is 0.283. The number of benzene rings is 1. The fraction of sp³-hybridized carbons (Fsp3) is 0.375. The van der Waals surface area contributed by atoms with Crippen molar-refractivity contribution < 1.29 is 5.11 Å². The summed E-state index contributed by atoms with van der Waals surface area (Å²) in [7, 11) is 1.99. The van der Waals surface area contributed by atoms with Gasteiger partial charge in [-0.15, -0.1) is 0 Å². The minimum absolute atomic E-state index is 0.251. The van der Waals surface area contributed by atoms with E-state index in [2.05, 4.69) is 14.9 Å². The van der Waals surface area contributed by atoms with Gasteiger partial charge < -0.3 is 10.0 Å². The van der Waals surface area contributed by atoms with E-state index in [1.54, 1.807) is 6.07 Å². The number of nitrogens with zero attached hydrogens (tertiary/aromatic N) is 3. The van der Waals surface area contributed by atoms with Crippen LogP contribution in [0.15, 0.2) is 36.4 Å². The zero-order valence-electron chi connectivity index (χ0n) is 12.2. The minimum Gasteiger partial charge on any atom is -0.396 e. The van der Waals surface area contributed by atoms with Crippen molar-refractivity contribution in [2.24, 2.45) is 0 Å². The Morgan fingerprint density at radius 1 is 1.10 bits per heavy atom. The molecule has 0 bridgehead atoms. The number of hydrogen-bond donors (Lipinski definition) is 1. The normalized spacial score (nSPS) is 10.6. The quantitative estimate of drug-likeness (QED) is 0.629. The minimum atomic E-state index is 0.251. The van der Waals surface area contributed by atoms with Gasteiger partial charge in [-0.1, -0.05) is 41.9 Å². The lowest BCUT2D eigenvalue weighted by Gasteiger charge is -2.18. The van der Waals surface area contributed by atoms with Crippen LogP contribution in [0.3, 0.4) is 0 Å². The summed E-state index contributed by atoms with van der Waals surface area (Å²) >= 11 is 6.12. The van der Waals surface area contributed by atoms with E-state index in [1.807, 2.05) is 37.4 Å². The molecular weight excluding hydrogens is 286 g/mol. The second-order valence-electron chi connectivity index (χ2n) is 4.94. The molecule has 1 aromatic carbocycles. The number of anilines is 1. The van der Waals surface area contributed by atoms with Crippen molar-refractivity contribution in [3.63, 3.8) is 0 Å². The van der Waals surface area contributed by atoms with Gasteiger partial charge in [0.05, 0.1) is 0 Å². The molecule has 1 N–H and O–H groups in total. The number of aliphatic hydroxyl groups is 1. The fourth-order valence-electron chi connectivity index (χ4n) is 2.07. The predicted molar refractivity (Wildman–Crippen MR) is 86.7 cm³/mol. The molecule has 0 saturated carbocycles. The van der Waals surface area contributed by atoms with Crippen LogP contribution in [0.5, 0.6) is 0 Å². The number of aliphatic hydroxyl groups excluding tert-OH is 1. The summed E-state index contributed by atoms with van der Waals surface area (Å²) in [5, 5.41) is 9.24. The number of unbranched alkanes of at least 4 members (excludes halogenated alkanes) is 2. The Hall–Kier alpha value is -1.65. The Balaban J connectivity index is 2.11. The highest BCUT2D eigenvalue weighted by molar-refractivity contribution is 6.29. The van der Waals surface area contributed by atoms with Gasteiger partial charge in [0, 0.05) is 31.8 Å². The van der Waals surface area contributed by atoms with Crippen LogP contribution in [0.4, 0.5) is 5.82 Å². The maximum atomic E-state index is 8.80. The molecular formula is C16H20ClN3O. The average molecular weight is 306 g/mol. The van der Waals surface area contributed by atoms with Crippen molar-refractivity contribution in [1.29, 1.82) is 0 Å². The Bertz CT molecular complexity index is 563. The van der Waals surface area contributed by atoms with Crippen molar-refractivity contribution in [3.05, 3.63) is 41.6 Å². The first-order chi connectivity index (χ1) is 10.2. The molecule has 0 aliphatic carbocycles. The van der Waals surface area contributed by atoms with Crippen molar-refractivity contribution in [2.75, 3.05) is 25.1 Å². The monoisotopic (exact) mass is 305 g/mol. The number of halogens is 1. The van der Waals surface area contributed by atoms with Crippen LogP contribution in [-0.4, -0.2) is 35.3 Å². The predicted octanol–water partition coefficient (Wildman–Crippen LogP) is 3.40. The molecule has 2 aromatic rings. The van der Waals surface area contributed by atoms with Crippen molar-refractivity contribution >= 4 is 17.4 Å². The largest absolute Gasteiger partial charge is 0.396 e. The van der Waals surface area contributed by atoms with E-state index >= 15 is 0 Å². The Morgan fingerprint density at radius 2 is 1.86 bits per heavy atom.